The summed E-state index contributed by atoms with van der Waals surface area (Å²) in [5, 5.41) is 11.8. The molecule has 6 heteroatoms. The lowest BCUT2D eigenvalue weighted by Crippen LogP contribution is -2.52. The van der Waals surface area contributed by atoms with Crippen molar-refractivity contribution in [2.24, 2.45) is 5.92 Å². The molecule has 4 nitrogen and oxygen atoms in total. The molecule has 0 bridgehead atoms. The first-order chi connectivity index (χ1) is 10.3. The molecule has 1 aromatic rings. The number of aliphatic carboxylic acids is 1. The minimum Gasteiger partial charge on any atom is -0.480 e. The van der Waals surface area contributed by atoms with Gasteiger partial charge in [0.15, 0.2) is 0 Å². The van der Waals surface area contributed by atoms with E-state index in [0.29, 0.717) is 19.3 Å². The number of benzene rings is 1. The minimum absolute atomic E-state index is 0.174. The molecule has 0 heterocycles. The number of hydrogen-bond acceptors (Lipinski definition) is 2. The van der Waals surface area contributed by atoms with E-state index in [0.717, 1.165) is 18.2 Å². The maximum absolute atomic E-state index is 13.7. The topological polar surface area (TPSA) is 66.4 Å². The van der Waals surface area contributed by atoms with Crippen LogP contribution in [0.1, 0.15) is 44.6 Å². The van der Waals surface area contributed by atoms with Gasteiger partial charge in [-0.15, -0.1) is 0 Å². The normalized spacial score (nSPS) is 22.7. The van der Waals surface area contributed by atoms with Crippen molar-refractivity contribution in [1.29, 1.82) is 0 Å². The summed E-state index contributed by atoms with van der Waals surface area (Å²) in [7, 11) is 0. The largest absolute Gasteiger partial charge is 0.480 e. The van der Waals surface area contributed by atoms with Crippen molar-refractivity contribution < 1.29 is 23.5 Å². The molecular formula is C16H19F2NO3. The molecule has 1 aliphatic rings. The number of halogens is 2. The van der Waals surface area contributed by atoms with Gasteiger partial charge in [-0.05, 0) is 49.4 Å². The van der Waals surface area contributed by atoms with Gasteiger partial charge in [-0.3, -0.25) is 4.79 Å². The van der Waals surface area contributed by atoms with E-state index in [4.69, 9.17) is 0 Å². The number of amides is 1. The van der Waals surface area contributed by atoms with Crippen molar-refractivity contribution in [3.63, 3.8) is 0 Å². The maximum Gasteiger partial charge on any atom is 0.329 e. The fourth-order valence-corrected chi connectivity index (χ4v) is 2.71. The van der Waals surface area contributed by atoms with Crippen molar-refractivity contribution in [2.45, 2.75) is 44.6 Å². The number of carboxylic acid groups (broad SMARTS) is 1. The highest BCUT2D eigenvalue weighted by molar-refractivity contribution is 5.89. The highest BCUT2D eigenvalue weighted by Crippen LogP contribution is 2.48. The zero-order chi connectivity index (χ0) is 16.5. The van der Waals surface area contributed by atoms with E-state index >= 15 is 0 Å². The van der Waals surface area contributed by atoms with E-state index in [1.807, 2.05) is 6.92 Å². The zero-order valence-electron chi connectivity index (χ0n) is 12.5. The van der Waals surface area contributed by atoms with Crippen molar-refractivity contribution in [3.05, 3.63) is 35.4 Å². The third-order valence-corrected chi connectivity index (χ3v) is 4.11. The van der Waals surface area contributed by atoms with Gasteiger partial charge >= 0.3 is 5.97 Å². The Balaban J connectivity index is 2.07. The number of carbonyl (C=O) groups excluding carboxylic acids is 1. The summed E-state index contributed by atoms with van der Waals surface area (Å²) < 4.78 is 26.9. The predicted octanol–water partition coefficient (Wildman–Crippen LogP) is 2.83. The van der Waals surface area contributed by atoms with Crippen LogP contribution in [-0.4, -0.2) is 22.5 Å². The fraction of sp³-hybridized carbons (Fsp3) is 0.500. The molecule has 1 amide bonds. The summed E-state index contributed by atoms with van der Waals surface area (Å²) >= 11 is 0. The molecule has 2 rings (SSSR count). The Hall–Kier alpha value is -1.98. The Morgan fingerprint density at radius 3 is 2.68 bits per heavy atom. The molecule has 120 valence electrons. The standard InChI is InChI=1S/C16H19F2NO3/c1-3-6-16(2,15(21)22)19-14(20)12-8-10(12)11-7-9(17)4-5-13(11)18/h4-5,7,10,12H,3,6,8H2,1-2H3,(H,19,20)(H,21,22). The molecule has 0 spiro atoms. The third kappa shape index (κ3) is 3.26. The van der Waals surface area contributed by atoms with Gasteiger partial charge < -0.3 is 10.4 Å². The predicted molar refractivity (Wildman–Crippen MR) is 76.3 cm³/mol. The fourth-order valence-electron chi connectivity index (χ4n) is 2.71. The summed E-state index contributed by atoms with van der Waals surface area (Å²) in [6.45, 7) is 3.28. The van der Waals surface area contributed by atoms with Crippen molar-refractivity contribution in [1.82, 2.24) is 5.32 Å². The highest BCUT2D eigenvalue weighted by atomic mass is 19.1. The zero-order valence-corrected chi connectivity index (χ0v) is 12.5. The summed E-state index contributed by atoms with van der Waals surface area (Å²) in [5.74, 6) is -3.52. The number of hydrogen-bond donors (Lipinski definition) is 2. The lowest BCUT2D eigenvalue weighted by atomic mass is 9.96. The van der Waals surface area contributed by atoms with Gasteiger partial charge in [0, 0.05) is 5.92 Å². The lowest BCUT2D eigenvalue weighted by molar-refractivity contribution is -0.147. The van der Waals surface area contributed by atoms with Crippen molar-refractivity contribution in [3.8, 4) is 0 Å². The molecule has 0 aromatic heterocycles. The van der Waals surface area contributed by atoms with Crippen LogP contribution in [0.15, 0.2) is 18.2 Å². The van der Waals surface area contributed by atoms with Crippen LogP contribution >= 0.6 is 0 Å². The highest BCUT2D eigenvalue weighted by Gasteiger charge is 2.47. The Labute approximate surface area is 127 Å². The van der Waals surface area contributed by atoms with Crippen LogP contribution < -0.4 is 5.32 Å². The lowest BCUT2D eigenvalue weighted by Gasteiger charge is -2.25. The molecule has 3 unspecified atom stereocenters. The number of carbonyl (C=O) groups is 2. The molecule has 0 aliphatic heterocycles. The van der Waals surface area contributed by atoms with E-state index in [2.05, 4.69) is 5.32 Å². The van der Waals surface area contributed by atoms with Crippen LogP contribution in [0, 0.1) is 17.6 Å². The smallest absolute Gasteiger partial charge is 0.329 e. The van der Waals surface area contributed by atoms with E-state index in [-0.39, 0.29) is 5.56 Å². The summed E-state index contributed by atoms with van der Waals surface area (Å²) in [6.07, 6.45) is 1.31. The molecule has 0 radical (unpaired) electrons. The second kappa shape index (κ2) is 6.02. The Morgan fingerprint density at radius 2 is 2.09 bits per heavy atom. The number of nitrogens with one attached hydrogen (secondary N) is 1. The van der Waals surface area contributed by atoms with Gasteiger partial charge in [0.2, 0.25) is 5.91 Å². The summed E-state index contributed by atoms with van der Waals surface area (Å²) in [4.78, 5) is 23.5. The summed E-state index contributed by atoms with van der Waals surface area (Å²) in [6, 6.07) is 3.16. The Bertz CT molecular complexity index is 605. The number of carboxylic acids is 1. The maximum atomic E-state index is 13.7. The van der Waals surface area contributed by atoms with Gasteiger partial charge in [-0.25, -0.2) is 13.6 Å². The minimum atomic E-state index is -1.33. The monoisotopic (exact) mass is 311 g/mol. The molecule has 0 saturated heterocycles. The number of rotatable bonds is 6. The van der Waals surface area contributed by atoms with Crippen LogP contribution in [0.4, 0.5) is 8.78 Å². The van der Waals surface area contributed by atoms with Gasteiger partial charge in [0.1, 0.15) is 17.2 Å². The van der Waals surface area contributed by atoms with E-state index in [1.54, 1.807) is 0 Å². The van der Waals surface area contributed by atoms with E-state index in [9.17, 15) is 23.5 Å². The molecule has 1 fully saturated rings. The van der Waals surface area contributed by atoms with Crippen LogP contribution in [0.2, 0.25) is 0 Å². The van der Waals surface area contributed by atoms with Gasteiger partial charge in [0.05, 0.1) is 0 Å². The van der Waals surface area contributed by atoms with Crippen LogP contribution in [0.25, 0.3) is 0 Å². The van der Waals surface area contributed by atoms with Crippen molar-refractivity contribution in [2.75, 3.05) is 0 Å². The third-order valence-electron chi connectivity index (χ3n) is 4.11. The SMILES string of the molecule is CCCC(C)(NC(=O)C1CC1c1cc(F)ccc1F)C(=O)O. The molecular weight excluding hydrogens is 292 g/mol. The van der Waals surface area contributed by atoms with Crippen LogP contribution in [0.3, 0.4) is 0 Å². The molecule has 2 N–H and O–H groups in total. The van der Waals surface area contributed by atoms with Crippen molar-refractivity contribution >= 4 is 11.9 Å². The first-order valence-electron chi connectivity index (χ1n) is 7.29. The molecule has 1 aromatic carbocycles. The van der Waals surface area contributed by atoms with Crippen LogP contribution in [-0.2, 0) is 9.59 Å². The Morgan fingerprint density at radius 1 is 1.41 bits per heavy atom. The second-order valence-electron chi connectivity index (χ2n) is 5.99. The molecule has 1 aliphatic carbocycles. The van der Waals surface area contributed by atoms with Gasteiger partial charge in [-0.1, -0.05) is 13.3 Å². The van der Waals surface area contributed by atoms with Gasteiger partial charge in [-0.2, -0.15) is 0 Å². The average Bonchev–Trinajstić information content (AvgIpc) is 3.22. The first-order valence-corrected chi connectivity index (χ1v) is 7.29. The average molecular weight is 311 g/mol. The first kappa shape index (κ1) is 16.4. The molecule has 1 saturated carbocycles. The molecule has 3 atom stereocenters. The second-order valence-corrected chi connectivity index (χ2v) is 5.99. The quantitative estimate of drug-likeness (QED) is 0.849. The van der Waals surface area contributed by atoms with Crippen LogP contribution in [0.5, 0.6) is 0 Å². The van der Waals surface area contributed by atoms with Gasteiger partial charge in [0.25, 0.3) is 0 Å². The summed E-state index contributed by atoms with van der Waals surface area (Å²) in [5.41, 5.74) is -1.16. The Kier molecular flexibility index (Phi) is 4.49. The van der Waals surface area contributed by atoms with E-state index in [1.165, 1.54) is 6.92 Å². The molecule has 22 heavy (non-hydrogen) atoms. The van der Waals surface area contributed by atoms with E-state index < -0.39 is 40.9 Å².